The van der Waals surface area contributed by atoms with E-state index in [9.17, 15) is 28.8 Å². The molecule has 1 aromatic carbocycles. The van der Waals surface area contributed by atoms with Gasteiger partial charge in [0, 0.05) is 56.4 Å². The molecule has 3 atom stereocenters. The summed E-state index contributed by atoms with van der Waals surface area (Å²) in [6.45, 7) is 14.8. The van der Waals surface area contributed by atoms with Gasteiger partial charge in [0.05, 0.1) is 18.4 Å². The number of likely N-dealkylation sites (tertiary alicyclic amines) is 1. The van der Waals surface area contributed by atoms with Crippen molar-refractivity contribution in [2.45, 2.75) is 105 Å². The molecule has 2 aromatic heterocycles. The molecule has 1 saturated heterocycles. The predicted octanol–water partition coefficient (Wildman–Crippen LogP) is 4.07. The van der Waals surface area contributed by atoms with E-state index in [0.29, 0.717) is 54.5 Å². The summed E-state index contributed by atoms with van der Waals surface area (Å²) in [5, 5.41) is 11.6. The first-order valence-electron chi connectivity index (χ1n) is 20.3. The van der Waals surface area contributed by atoms with Crippen LogP contribution in [0.25, 0.3) is 0 Å². The van der Waals surface area contributed by atoms with Gasteiger partial charge in [0.1, 0.15) is 29.5 Å². The molecule has 4 heterocycles. The van der Waals surface area contributed by atoms with E-state index in [-0.39, 0.29) is 35.9 Å². The van der Waals surface area contributed by atoms with E-state index in [1.807, 2.05) is 53.7 Å². The van der Waals surface area contributed by atoms with Crippen molar-refractivity contribution < 1.29 is 28.8 Å². The number of hydrogen-bond donors (Lipinski definition) is 4. The molecule has 4 N–H and O–H groups in total. The van der Waals surface area contributed by atoms with E-state index in [0.717, 1.165) is 11.3 Å². The molecule has 322 valence electrons. The molecular formula is C43H59N11O6. The number of amides is 7. The standard InChI is InChI=1S/C43H59N11O6/c1-24(2)19-31(38(57)51(9)10)47-40(59)43(7,8)50-37(56)32-13-12-18-53(32)39(58)34(25(3)4)48-36(55)28-16-14-26(5)33(20-28)54-23-29-21-45-41(49-35(29)52(11)42(54)60)46-30-17-15-27(6)44-22-30/h14-17,20-22,24-25,31-32,34H,12-13,18-19,23H2,1-11H3,(H,47,59)(H,48,55)(H,50,56)(H,45,46,49)/t31?,32-,34?/m1/s1. The Morgan fingerprint density at radius 3 is 2.32 bits per heavy atom. The van der Waals surface area contributed by atoms with Gasteiger partial charge in [0.15, 0.2) is 0 Å². The monoisotopic (exact) mass is 825 g/mol. The van der Waals surface area contributed by atoms with Crippen LogP contribution >= 0.6 is 0 Å². The molecule has 0 spiro atoms. The largest absolute Gasteiger partial charge is 0.347 e. The van der Waals surface area contributed by atoms with Gasteiger partial charge in [-0.2, -0.15) is 4.98 Å². The summed E-state index contributed by atoms with van der Waals surface area (Å²) in [4.78, 5) is 101. The molecule has 3 aromatic rings. The van der Waals surface area contributed by atoms with E-state index < -0.39 is 47.3 Å². The molecule has 0 bridgehead atoms. The SMILES string of the molecule is Cc1ccc(Nc2ncc3c(n2)N(C)C(=O)N(c2cc(C(=O)NC(C(=O)N4CCC[C@@H]4C(=O)NC(C)(C)C(=O)NC(CC(C)C)C(=O)N(C)C)C(C)C)ccc2C)C3)cn1. The van der Waals surface area contributed by atoms with Crippen molar-refractivity contribution in [3.05, 3.63) is 65.1 Å². The van der Waals surface area contributed by atoms with Crippen LogP contribution in [-0.4, -0.2) is 112 Å². The summed E-state index contributed by atoms with van der Waals surface area (Å²) in [6, 6.07) is 5.78. The lowest BCUT2D eigenvalue weighted by Crippen LogP contribution is -2.62. The Balaban J connectivity index is 1.28. The smallest absolute Gasteiger partial charge is 0.330 e. The number of nitrogens with zero attached hydrogens (tertiary/aromatic N) is 7. The first-order valence-corrected chi connectivity index (χ1v) is 20.3. The van der Waals surface area contributed by atoms with Crippen LogP contribution in [-0.2, 0) is 25.7 Å². The fourth-order valence-corrected chi connectivity index (χ4v) is 7.28. The van der Waals surface area contributed by atoms with E-state index in [4.69, 9.17) is 0 Å². The number of nitrogens with one attached hydrogen (secondary N) is 4. The van der Waals surface area contributed by atoms with Gasteiger partial charge in [0.25, 0.3) is 5.91 Å². The molecular weight excluding hydrogens is 767 g/mol. The van der Waals surface area contributed by atoms with Gasteiger partial charge in [-0.25, -0.2) is 9.78 Å². The fourth-order valence-electron chi connectivity index (χ4n) is 7.28. The highest BCUT2D eigenvalue weighted by Crippen LogP contribution is 2.33. The Morgan fingerprint density at radius 1 is 0.967 bits per heavy atom. The topological polar surface area (TPSA) is 202 Å². The van der Waals surface area contributed by atoms with Crippen LogP contribution in [0.1, 0.15) is 88.0 Å². The first-order chi connectivity index (χ1) is 28.2. The number of urea groups is 1. The van der Waals surface area contributed by atoms with Crippen LogP contribution in [0.4, 0.5) is 27.9 Å². The minimum absolute atomic E-state index is 0.132. The second kappa shape index (κ2) is 18.4. The lowest BCUT2D eigenvalue weighted by Gasteiger charge is -2.35. The summed E-state index contributed by atoms with van der Waals surface area (Å²) in [6.07, 6.45) is 4.69. The fraction of sp³-hybridized carbons (Fsp3) is 0.512. The summed E-state index contributed by atoms with van der Waals surface area (Å²) in [7, 11) is 4.87. The number of hydrogen-bond acceptors (Lipinski definition) is 10. The van der Waals surface area contributed by atoms with E-state index >= 15 is 0 Å². The minimum Gasteiger partial charge on any atom is -0.347 e. The van der Waals surface area contributed by atoms with E-state index in [2.05, 4.69) is 36.2 Å². The average molecular weight is 826 g/mol. The molecule has 60 heavy (non-hydrogen) atoms. The van der Waals surface area contributed by atoms with Crippen LogP contribution in [0.2, 0.25) is 0 Å². The van der Waals surface area contributed by atoms with Gasteiger partial charge in [-0.1, -0.05) is 33.8 Å². The number of carbonyl (C=O) groups excluding carboxylic acids is 6. The zero-order chi connectivity index (χ0) is 44.2. The lowest BCUT2D eigenvalue weighted by atomic mass is 9.98. The number of likely N-dealkylation sites (N-methyl/N-ethyl adjacent to an activating group) is 1. The number of aryl methyl sites for hydroxylation is 2. The highest BCUT2D eigenvalue weighted by atomic mass is 16.2. The molecule has 2 aliphatic heterocycles. The zero-order valence-corrected chi connectivity index (χ0v) is 36.5. The summed E-state index contributed by atoms with van der Waals surface area (Å²) in [5.74, 6) is -1.66. The maximum atomic E-state index is 14.2. The maximum Gasteiger partial charge on any atom is 0.330 e. The molecule has 0 saturated carbocycles. The normalized spacial score (nSPS) is 16.3. The van der Waals surface area contributed by atoms with Crippen molar-refractivity contribution in [2.24, 2.45) is 11.8 Å². The number of fused-ring (bicyclic) bond motifs is 1. The summed E-state index contributed by atoms with van der Waals surface area (Å²) < 4.78 is 0. The number of anilines is 4. The van der Waals surface area contributed by atoms with Crippen LogP contribution in [0.15, 0.2) is 42.7 Å². The summed E-state index contributed by atoms with van der Waals surface area (Å²) >= 11 is 0. The zero-order valence-electron chi connectivity index (χ0n) is 36.5. The third kappa shape index (κ3) is 10.2. The third-order valence-corrected chi connectivity index (χ3v) is 10.7. The minimum atomic E-state index is -1.40. The van der Waals surface area contributed by atoms with Crippen molar-refractivity contribution >= 4 is 58.7 Å². The highest BCUT2D eigenvalue weighted by Gasteiger charge is 2.42. The Hall–Kier alpha value is -6.13. The molecule has 1 fully saturated rings. The van der Waals surface area contributed by atoms with Gasteiger partial charge < -0.3 is 31.1 Å². The first kappa shape index (κ1) is 45.0. The van der Waals surface area contributed by atoms with Crippen LogP contribution in [0.3, 0.4) is 0 Å². The molecule has 0 radical (unpaired) electrons. The second-order valence-corrected chi connectivity index (χ2v) is 17.2. The van der Waals surface area contributed by atoms with E-state index in [1.165, 1.54) is 14.7 Å². The third-order valence-electron chi connectivity index (χ3n) is 10.7. The van der Waals surface area contributed by atoms with Crippen molar-refractivity contribution in [1.82, 2.24) is 40.7 Å². The van der Waals surface area contributed by atoms with Crippen molar-refractivity contribution in [2.75, 3.05) is 42.8 Å². The molecule has 7 amide bonds. The van der Waals surface area contributed by atoms with E-state index in [1.54, 1.807) is 70.5 Å². The Kier molecular flexibility index (Phi) is 13.8. The molecule has 0 aliphatic carbocycles. The van der Waals surface area contributed by atoms with Gasteiger partial charge in [-0.05, 0) is 88.6 Å². The van der Waals surface area contributed by atoms with Crippen molar-refractivity contribution in [1.29, 1.82) is 0 Å². The maximum absolute atomic E-state index is 14.2. The Bertz CT molecular complexity index is 2120. The average Bonchev–Trinajstić information content (AvgIpc) is 3.69. The molecule has 2 aliphatic rings. The molecule has 2 unspecified atom stereocenters. The van der Waals surface area contributed by atoms with Crippen LogP contribution in [0, 0.1) is 25.7 Å². The number of benzene rings is 1. The quantitative estimate of drug-likeness (QED) is 0.184. The second-order valence-electron chi connectivity index (χ2n) is 17.2. The van der Waals surface area contributed by atoms with Gasteiger partial charge in [-0.15, -0.1) is 0 Å². The predicted molar refractivity (Wildman–Crippen MR) is 229 cm³/mol. The van der Waals surface area contributed by atoms with Gasteiger partial charge in [0.2, 0.25) is 29.6 Å². The Morgan fingerprint density at radius 2 is 1.68 bits per heavy atom. The number of pyridine rings is 1. The van der Waals surface area contributed by atoms with Crippen molar-refractivity contribution in [3.8, 4) is 0 Å². The van der Waals surface area contributed by atoms with Crippen molar-refractivity contribution in [3.63, 3.8) is 0 Å². The number of rotatable bonds is 14. The highest BCUT2D eigenvalue weighted by molar-refractivity contribution is 6.07. The number of aromatic nitrogens is 3. The van der Waals surface area contributed by atoms with Gasteiger partial charge >= 0.3 is 6.03 Å². The molecule has 5 rings (SSSR count). The summed E-state index contributed by atoms with van der Waals surface area (Å²) in [5.41, 5.74) is 2.38. The lowest BCUT2D eigenvalue weighted by molar-refractivity contribution is -0.143. The van der Waals surface area contributed by atoms with Crippen LogP contribution < -0.4 is 31.1 Å². The number of carbonyl (C=O) groups is 6. The Labute approximate surface area is 352 Å². The van der Waals surface area contributed by atoms with Gasteiger partial charge in [-0.3, -0.25) is 38.8 Å². The molecule has 17 nitrogen and oxygen atoms in total. The van der Waals surface area contributed by atoms with Crippen LogP contribution in [0.5, 0.6) is 0 Å². The molecule has 17 heteroatoms.